The van der Waals surface area contributed by atoms with Gasteiger partial charge >= 0.3 is 0 Å². The van der Waals surface area contributed by atoms with Crippen LogP contribution in [0, 0.1) is 17.5 Å². The van der Waals surface area contributed by atoms with Gasteiger partial charge in [0.1, 0.15) is 16.2 Å². The summed E-state index contributed by atoms with van der Waals surface area (Å²) in [6, 6.07) is 5.15. The number of aryl methyl sites for hydroxylation is 1. The third-order valence-corrected chi connectivity index (χ3v) is 4.14. The Morgan fingerprint density at radius 3 is 2.57 bits per heavy atom. The van der Waals surface area contributed by atoms with E-state index >= 15 is 0 Å². The predicted molar refractivity (Wildman–Crippen MR) is 77.6 cm³/mol. The average Bonchev–Trinajstić information content (AvgIpc) is 2.45. The molecule has 2 aromatic rings. The molecule has 0 N–H and O–H groups in total. The van der Waals surface area contributed by atoms with Crippen molar-refractivity contribution >= 4 is 21.6 Å². The molecule has 0 aliphatic carbocycles. The minimum Gasteiger partial charge on any atom is -0.365 e. The summed E-state index contributed by atoms with van der Waals surface area (Å²) in [5.74, 6) is -1.66. The van der Waals surface area contributed by atoms with Gasteiger partial charge < -0.3 is 4.90 Å². The third-order valence-electron chi connectivity index (χ3n) is 3.58. The number of hydrogen-bond acceptors (Lipinski definition) is 2. The standard InChI is InChI=1S/C15H12BrF3N2/c16-15-12(19)7-14-13(20-15)5-2-6-21(14)8-9-10(17)3-1-4-11(9)18/h1,3-4,7H,2,5-6,8H2. The van der Waals surface area contributed by atoms with Crippen molar-refractivity contribution in [1.82, 2.24) is 4.98 Å². The Kier molecular flexibility index (Phi) is 3.89. The maximum atomic E-state index is 13.8. The lowest BCUT2D eigenvalue weighted by atomic mass is 10.1. The van der Waals surface area contributed by atoms with Gasteiger partial charge in [0.15, 0.2) is 5.82 Å². The number of fused-ring (bicyclic) bond motifs is 1. The Bertz CT molecular complexity index is 671. The molecule has 1 aliphatic rings. The van der Waals surface area contributed by atoms with E-state index in [1.807, 2.05) is 0 Å². The summed E-state index contributed by atoms with van der Waals surface area (Å²) in [5, 5.41) is 0. The van der Waals surface area contributed by atoms with E-state index in [-0.39, 0.29) is 16.7 Å². The summed E-state index contributed by atoms with van der Waals surface area (Å²) in [6.45, 7) is 0.678. The van der Waals surface area contributed by atoms with Crippen LogP contribution >= 0.6 is 15.9 Å². The normalized spacial score (nSPS) is 14.2. The molecule has 1 aliphatic heterocycles. The van der Waals surface area contributed by atoms with E-state index < -0.39 is 17.5 Å². The lowest BCUT2D eigenvalue weighted by Crippen LogP contribution is -2.30. The van der Waals surface area contributed by atoms with Crippen LogP contribution in [-0.2, 0) is 13.0 Å². The maximum Gasteiger partial charge on any atom is 0.158 e. The number of hydrogen-bond donors (Lipinski definition) is 0. The predicted octanol–water partition coefficient (Wildman–Crippen LogP) is 4.21. The summed E-state index contributed by atoms with van der Waals surface area (Å²) >= 11 is 3.06. The smallest absolute Gasteiger partial charge is 0.158 e. The minimum absolute atomic E-state index is 0.00585. The van der Waals surface area contributed by atoms with Crippen LogP contribution < -0.4 is 4.90 Å². The fourth-order valence-electron chi connectivity index (χ4n) is 2.55. The highest BCUT2D eigenvalue weighted by molar-refractivity contribution is 9.10. The molecule has 0 fully saturated rings. The number of benzene rings is 1. The summed E-state index contributed by atoms with van der Waals surface area (Å²) in [7, 11) is 0. The Morgan fingerprint density at radius 2 is 1.86 bits per heavy atom. The van der Waals surface area contributed by atoms with Crippen molar-refractivity contribution in [3.05, 3.63) is 57.6 Å². The Hall–Kier alpha value is -1.56. The topological polar surface area (TPSA) is 16.1 Å². The molecule has 110 valence electrons. The van der Waals surface area contributed by atoms with Gasteiger partial charge in [-0.2, -0.15) is 0 Å². The first kappa shape index (κ1) is 14.4. The molecule has 0 radical (unpaired) electrons. The van der Waals surface area contributed by atoms with Crippen molar-refractivity contribution in [2.75, 3.05) is 11.4 Å². The van der Waals surface area contributed by atoms with Gasteiger partial charge in [-0.25, -0.2) is 18.2 Å². The van der Waals surface area contributed by atoms with Crippen LogP contribution in [0.25, 0.3) is 0 Å². The second kappa shape index (κ2) is 5.67. The van der Waals surface area contributed by atoms with Crippen LogP contribution in [-0.4, -0.2) is 11.5 Å². The number of nitrogens with zero attached hydrogens (tertiary/aromatic N) is 2. The van der Waals surface area contributed by atoms with E-state index in [9.17, 15) is 13.2 Å². The summed E-state index contributed by atoms with van der Waals surface area (Å²) in [4.78, 5) is 5.93. The fraction of sp³-hybridized carbons (Fsp3) is 0.267. The molecule has 0 spiro atoms. The van der Waals surface area contributed by atoms with Crippen molar-refractivity contribution in [2.24, 2.45) is 0 Å². The SMILES string of the molecule is Fc1cc2c(nc1Br)CCCN2Cc1c(F)cccc1F. The second-order valence-corrected chi connectivity index (χ2v) is 5.70. The molecule has 0 saturated heterocycles. The van der Waals surface area contributed by atoms with Crippen LogP contribution in [0.15, 0.2) is 28.9 Å². The molecule has 21 heavy (non-hydrogen) atoms. The van der Waals surface area contributed by atoms with Gasteiger partial charge in [0.2, 0.25) is 0 Å². The quantitative estimate of drug-likeness (QED) is 0.749. The van der Waals surface area contributed by atoms with Crippen LogP contribution in [0.5, 0.6) is 0 Å². The van der Waals surface area contributed by atoms with Crippen LogP contribution in [0.4, 0.5) is 18.9 Å². The zero-order valence-corrected chi connectivity index (χ0v) is 12.6. The molecule has 1 aromatic heterocycles. The number of anilines is 1. The van der Waals surface area contributed by atoms with Crippen molar-refractivity contribution in [2.45, 2.75) is 19.4 Å². The van der Waals surface area contributed by atoms with Crippen LogP contribution in [0.3, 0.4) is 0 Å². The van der Waals surface area contributed by atoms with E-state index in [4.69, 9.17) is 0 Å². The van der Waals surface area contributed by atoms with E-state index in [1.165, 1.54) is 24.3 Å². The van der Waals surface area contributed by atoms with E-state index in [1.54, 1.807) is 4.90 Å². The number of rotatable bonds is 2. The first-order valence-corrected chi connectivity index (χ1v) is 7.38. The maximum absolute atomic E-state index is 13.8. The molecule has 0 amide bonds. The lowest BCUT2D eigenvalue weighted by molar-refractivity contribution is 0.543. The van der Waals surface area contributed by atoms with Gasteiger partial charge in [-0.05, 0) is 40.9 Å². The molecular formula is C15H12BrF3N2. The molecule has 2 nitrogen and oxygen atoms in total. The summed E-state index contributed by atoms with van der Waals surface area (Å²) in [6.07, 6.45) is 1.54. The monoisotopic (exact) mass is 356 g/mol. The molecule has 0 unspecified atom stereocenters. The first-order chi connectivity index (χ1) is 10.1. The highest BCUT2D eigenvalue weighted by Gasteiger charge is 2.22. The third kappa shape index (κ3) is 2.77. The van der Waals surface area contributed by atoms with Gasteiger partial charge in [0.25, 0.3) is 0 Å². The first-order valence-electron chi connectivity index (χ1n) is 6.59. The molecule has 1 aromatic carbocycles. The van der Waals surface area contributed by atoms with Gasteiger partial charge in [-0.1, -0.05) is 6.07 Å². The zero-order valence-electron chi connectivity index (χ0n) is 11.0. The van der Waals surface area contributed by atoms with E-state index in [2.05, 4.69) is 20.9 Å². The largest absolute Gasteiger partial charge is 0.365 e. The van der Waals surface area contributed by atoms with Crippen LogP contribution in [0.2, 0.25) is 0 Å². The van der Waals surface area contributed by atoms with Crippen molar-refractivity contribution in [3.63, 3.8) is 0 Å². The van der Waals surface area contributed by atoms with E-state index in [0.29, 0.717) is 12.2 Å². The average molecular weight is 357 g/mol. The molecular weight excluding hydrogens is 345 g/mol. The molecule has 6 heteroatoms. The van der Waals surface area contributed by atoms with E-state index in [0.717, 1.165) is 18.5 Å². The van der Waals surface area contributed by atoms with Gasteiger partial charge in [-0.15, -0.1) is 0 Å². The van der Waals surface area contributed by atoms with Crippen molar-refractivity contribution in [1.29, 1.82) is 0 Å². The molecule has 0 atom stereocenters. The van der Waals surface area contributed by atoms with Gasteiger partial charge in [0.05, 0.1) is 11.4 Å². The Labute approximate surface area is 128 Å². The highest BCUT2D eigenvalue weighted by Crippen LogP contribution is 2.31. The van der Waals surface area contributed by atoms with Crippen molar-refractivity contribution < 1.29 is 13.2 Å². The summed E-state index contributed by atoms with van der Waals surface area (Å²) < 4.78 is 41.4. The Balaban J connectivity index is 1.97. The van der Waals surface area contributed by atoms with Crippen molar-refractivity contribution in [3.8, 4) is 0 Å². The Morgan fingerprint density at radius 1 is 1.14 bits per heavy atom. The molecule has 3 rings (SSSR count). The van der Waals surface area contributed by atoms with Gasteiger partial charge in [-0.3, -0.25) is 0 Å². The second-order valence-electron chi connectivity index (χ2n) is 4.95. The molecule has 2 heterocycles. The molecule has 0 bridgehead atoms. The fourth-order valence-corrected chi connectivity index (χ4v) is 2.87. The zero-order chi connectivity index (χ0) is 15.0. The number of pyridine rings is 1. The number of halogens is 4. The number of aromatic nitrogens is 1. The van der Waals surface area contributed by atoms with Crippen LogP contribution in [0.1, 0.15) is 17.7 Å². The summed E-state index contributed by atoms with van der Waals surface area (Å²) in [5.41, 5.74) is 1.34. The van der Waals surface area contributed by atoms with Gasteiger partial charge in [0, 0.05) is 24.7 Å². The minimum atomic E-state index is -0.590. The highest BCUT2D eigenvalue weighted by atomic mass is 79.9. The molecule has 0 saturated carbocycles. The lowest BCUT2D eigenvalue weighted by Gasteiger charge is -2.31.